The molecule has 2 aliphatic heterocycles. The van der Waals surface area contributed by atoms with Crippen LogP contribution < -0.4 is 0 Å². The topological polar surface area (TPSA) is 28.9 Å². The average Bonchev–Trinajstić information content (AvgIpc) is 3.02. The highest BCUT2D eigenvalue weighted by atomic mass is 16.5. The SMILES string of the molecule is C=CCO[C@@H]1C[C@H]2CN(Cc3ccc(C)o3)CCN2C1. The molecule has 0 amide bonds. The van der Waals surface area contributed by atoms with Crippen molar-refractivity contribution in [2.75, 3.05) is 32.8 Å². The average molecular weight is 276 g/mol. The molecule has 0 aliphatic carbocycles. The minimum atomic E-state index is 0.379. The third-order valence-electron chi connectivity index (χ3n) is 4.29. The second kappa shape index (κ2) is 6.12. The van der Waals surface area contributed by atoms with E-state index in [0.29, 0.717) is 18.8 Å². The number of aryl methyl sites for hydroxylation is 1. The maximum Gasteiger partial charge on any atom is 0.118 e. The van der Waals surface area contributed by atoms with Gasteiger partial charge in [-0.3, -0.25) is 9.80 Å². The van der Waals surface area contributed by atoms with E-state index in [2.05, 4.69) is 22.4 Å². The van der Waals surface area contributed by atoms with Crippen LogP contribution in [-0.4, -0.2) is 54.7 Å². The zero-order valence-electron chi connectivity index (χ0n) is 12.3. The number of hydrogen-bond donors (Lipinski definition) is 0. The normalized spacial score (nSPS) is 27.6. The Balaban J connectivity index is 1.52. The fourth-order valence-electron chi connectivity index (χ4n) is 3.32. The predicted molar refractivity (Wildman–Crippen MR) is 78.6 cm³/mol. The van der Waals surface area contributed by atoms with E-state index in [1.165, 1.54) is 0 Å². The lowest BCUT2D eigenvalue weighted by Crippen LogP contribution is -2.49. The number of rotatable bonds is 5. The Hall–Kier alpha value is -1.10. The molecule has 0 spiro atoms. The van der Waals surface area contributed by atoms with Crippen molar-refractivity contribution in [2.45, 2.75) is 32.0 Å². The van der Waals surface area contributed by atoms with Gasteiger partial charge in [-0.05, 0) is 25.5 Å². The van der Waals surface area contributed by atoms with Crippen LogP contribution in [0.3, 0.4) is 0 Å². The van der Waals surface area contributed by atoms with E-state index in [0.717, 1.165) is 50.7 Å². The molecule has 0 unspecified atom stereocenters. The first-order valence-corrected chi connectivity index (χ1v) is 7.49. The molecule has 1 aromatic rings. The van der Waals surface area contributed by atoms with Crippen LogP contribution in [0.25, 0.3) is 0 Å². The molecule has 110 valence electrons. The van der Waals surface area contributed by atoms with Crippen molar-refractivity contribution in [3.8, 4) is 0 Å². The number of hydrogen-bond acceptors (Lipinski definition) is 4. The molecule has 3 heterocycles. The molecule has 4 nitrogen and oxygen atoms in total. The van der Waals surface area contributed by atoms with Crippen molar-refractivity contribution in [1.82, 2.24) is 9.80 Å². The van der Waals surface area contributed by atoms with Crippen LogP contribution in [0, 0.1) is 6.92 Å². The van der Waals surface area contributed by atoms with Gasteiger partial charge in [-0.1, -0.05) is 6.08 Å². The van der Waals surface area contributed by atoms with Gasteiger partial charge in [0.05, 0.1) is 19.3 Å². The molecule has 2 atom stereocenters. The number of fused-ring (bicyclic) bond motifs is 1. The number of nitrogens with zero attached hydrogens (tertiary/aromatic N) is 2. The largest absolute Gasteiger partial charge is 0.465 e. The van der Waals surface area contributed by atoms with E-state index < -0.39 is 0 Å². The summed E-state index contributed by atoms with van der Waals surface area (Å²) < 4.78 is 11.5. The highest BCUT2D eigenvalue weighted by molar-refractivity contribution is 5.06. The number of ether oxygens (including phenoxy) is 1. The van der Waals surface area contributed by atoms with Crippen LogP contribution in [0.15, 0.2) is 29.2 Å². The Labute approximate surface area is 121 Å². The fourth-order valence-corrected chi connectivity index (χ4v) is 3.32. The van der Waals surface area contributed by atoms with Gasteiger partial charge in [0.2, 0.25) is 0 Å². The lowest BCUT2D eigenvalue weighted by Gasteiger charge is -2.36. The maximum absolute atomic E-state index is 5.80. The van der Waals surface area contributed by atoms with Crippen LogP contribution in [0.5, 0.6) is 0 Å². The molecule has 0 N–H and O–H groups in total. The Morgan fingerprint density at radius 3 is 3.05 bits per heavy atom. The first-order valence-electron chi connectivity index (χ1n) is 7.49. The van der Waals surface area contributed by atoms with E-state index in [1.807, 2.05) is 19.1 Å². The van der Waals surface area contributed by atoms with Crippen molar-refractivity contribution in [2.24, 2.45) is 0 Å². The minimum absolute atomic E-state index is 0.379. The molecule has 3 rings (SSSR count). The summed E-state index contributed by atoms with van der Waals surface area (Å²) in [6.07, 6.45) is 3.36. The Kier molecular flexibility index (Phi) is 4.24. The molecule has 1 aromatic heterocycles. The van der Waals surface area contributed by atoms with Gasteiger partial charge in [0.15, 0.2) is 0 Å². The minimum Gasteiger partial charge on any atom is -0.465 e. The maximum atomic E-state index is 5.80. The lowest BCUT2D eigenvalue weighted by molar-refractivity contribution is 0.0748. The molecule has 4 heteroatoms. The number of furan rings is 1. The summed E-state index contributed by atoms with van der Waals surface area (Å²) >= 11 is 0. The zero-order valence-corrected chi connectivity index (χ0v) is 12.3. The van der Waals surface area contributed by atoms with E-state index >= 15 is 0 Å². The summed E-state index contributed by atoms with van der Waals surface area (Å²) in [7, 11) is 0. The van der Waals surface area contributed by atoms with Crippen molar-refractivity contribution in [3.05, 3.63) is 36.3 Å². The quantitative estimate of drug-likeness (QED) is 0.770. The molecule has 0 radical (unpaired) electrons. The predicted octanol–water partition coefficient (Wildman–Crippen LogP) is 2.05. The molecule has 2 saturated heterocycles. The van der Waals surface area contributed by atoms with Crippen LogP contribution in [0.4, 0.5) is 0 Å². The van der Waals surface area contributed by atoms with Gasteiger partial charge in [-0.25, -0.2) is 0 Å². The third-order valence-corrected chi connectivity index (χ3v) is 4.29. The summed E-state index contributed by atoms with van der Waals surface area (Å²) in [5, 5.41) is 0. The molecule has 2 fully saturated rings. The summed E-state index contributed by atoms with van der Waals surface area (Å²) in [5.74, 6) is 2.07. The van der Waals surface area contributed by atoms with Crippen LogP contribution in [-0.2, 0) is 11.3 Å². The van der Waals surface area contributed by atoms with E-state index in [1.54, 1.807) is 0 Å². The molecular weight excluding hydrogens is 252 g/mol. The molecule has 0 bridgehead atoms. The summed E-state index contributed by atoms with van der Waals surface area (Å²) in [4.78, 5) is 5.06. The van der Waals surface area contributed by atoms with Crippen molar-refractivity contribution in [1.29, 1.82) is 0 Å². The lowest BCUT2D eigenvalue weighted by atomic mass is 10.1. The second-order valence-electron chi connectivity index (χ2n) is 5.88. The van der Waals surface area contributed by atoms with Gasteiger partial charge >= 0.3 is 0 Å². The van der Waals surface area contributed by atoms with Crippen LogP contribution in [0.2, 0.25) is 0 Å². The third kappa shape index (κ3) is 3.14. The van der Waals surface area contributed by atoms with Crippen molar-refractivity contribution >= 4 is 0 Å². The smallest absolute Gasteiger partial charge is 0.118 e. The Bertz CT molecular complexity index is 457. The molecule has 20 heavy (non-hydrogen) atoms. The Morgan fingerprint density at radius 1 is 1.40 bits per heavy atom. The highest BCUT2D eigenvalue weighted by Crippen LogP contribution is 2.25. The summed E-state index contributed by atoms with van der Waals surface area (Å²) in [6, 6.07) is 4.77. The van der Waals surface area contributed by atoms with Crippen molar-refractivity contribution < 1.29 is 9.15 Å². The van der Waals surface area contributed by atoms with E-state index in [-0.39, 0.29) is 0 Å². The standard InChI is InChI=1S/C16H24N2O2/c1-3-8-19-16-9-14-10-17(6-7-18(14)12-16)11-15-5-4-13(2)20-15/h3-5,14,16H,1,6-12H2,2H3/t14-,16+/m0/s1. The van der Waals surface area contributed by atoms with Gasteiger partial charge in [-0.2, -0.15) is 0 Å². The number of piperazine rings is 1. The second-order valence-corrected chi connectivity index (χ2v) is 5.88. The highest BCUT2D eigenvalue weighted by Gasteiger charge is 2.36. The first kappa shape index (κ1) is 13.9. The first-order chi connectivity index (χ1) is 9.74. The molecule has 0 aromatic carbocycles. The summed E-state index contributed by atoms with van der Waals surface area (Å²) in [5.41, 5.74) is 0. The van der Waals surface area contributed by atoms with Crippen LogP contribution >= 0.6 is 0 Å². The zero-order chi connectivity index (χ0) is 13.9. The van der Waals surface area contributed by atoms with E-state index in [9.17, 15) is 0 Å². The summed E-state index contributed by atoms with van der Waals surface area (Å²) in [6.45, 7) is 11.8. The van der Waals surface area contributed by atoms with Crippen LogP contribution in [0.1, 0.15) is 17.9 Å². The van der Waals surface area contributed by atoms with Gasteiger partial charge in [0, 0.05) is 32.2 Å². The van der Waals surface area contributed by atoms with Gasteiger partial charge < -0.3 is 9.15 Å². The molecule has 0 saturated carbocycles. The van der Waals surface area contributed by atoms with Gasteiger partial charge in [0.25, 0.3) is 0 Å². The van der Waals surface area contributed by atoms with E-state index in [4.69, 9.17) is 9.15 Å². The van der Waals surface area contributed by atoms with Gasteiger partial charge in [0.1, 0.15) is 11.5 Å². The Morgan fingerprint density at radius 2 is 2.30 bits per heavy atom. The monoisotopic (exact) mass is 276 g/mol. The van der Waals surface area contributed by atoms with Gasteiger partial charge in [-0.15, -0.1) is 6.58 Å². The fraction of sp³-hybridized carbons (Fsp3) is 0.625. The van der Waals surface area contributed by atoms with Crippen molar-refractivity contribution in [3.63, 3.8) is 0 Å². The molecular formula is C16H24N2O2. The molecule has 2 aliphatic rings.